The zero-order valence-corrected chi connectivity index (χ0v) is 9.61. The minimum atomic E-state index is -0.694. The quantitative estimate of drug-likeness (QED) is 0.497. The van der Waals surface area contributed by atoms with Crippen molar-refractivity contribution in [1.29, 1.82) is 0 Å². The van der Waals surface area contributed by atoms with E-state index in [1.165, 1.54) is 0 Å². The summed E-state index contributed by atoms with van der Waals surface area (Å²) in [7, 11) is 4.63. The van der Waals surface area contributed by atoms with Gasteiger partial charge in [-0.1, -0.05) is 0 Å². The molecule has 0 radical (unpaired) electrons. The molecule has 10 heavy (non-hydrogen) atoms. The van der Waals surface area contributed by atoms with Crippen LogP contribution < -0.4 is 0 Å². The number of hydrogen-bond donors (Lipinski definition) is 0. The lowest BCUT2D eigenvalue weighted by Crippen LogP contribution is -1.98. The zero-order chi connectivity index (χ0) is 7.98. The summed E-state index contributed by atoms with van der Waals surface area (Å²) in [5.74, 6) is 0.342. The Labute approximate surface area is 69.1 Å². The van der Waals surface area contributed by atoms with Crippen molar-refractivity contribution in [1.82, 2.24) is 0 Å². The van der Waals surface area contributed by atoms with Crippen LogP contribution in [0.25, 0.3) is 0 Å². The van der Waals surface area contributed by atoms with Gasteiger partial charge < -0.3 is 9.05 Å². The predicted octanol–water partition coefficient (Wildman–Crippen LogP) is 2.11. The van der Waals surface area contributed by atoms with Gasteiger partial charge in [0.2, 0.25) is 0 Å². The van der Waals surface area contributed by atoms with Gasteiger partial charge in [-0.3, -0.25) is 0 Å². The van der Waals surface area contributed by atoms with E-state index in [2.05, 4.69) is 18.2 Å². The Morgan fingerprint density at radius 3 is 1.80 bits per heavy atom. The summed E-state index contributed by atoms with van der Waals surface area (Å²) in [4.78, 5) is 0. The molecule has 60 valence electrons. The molecular weight excluding hydrogens is 184 g/mol. The fraction of sp³-hybridized carbons (Fsp3) is 1.00. The van der Waals surface area contributed by atoms with Crippen molar-refractivity contribution in [2.24, 2.45) is 0 Å². The van der Waals surface area contributed by atoms with E-state index in [1.54, 1.807) is 0 Å². The van der Waals surface area contributed by atoms with Gasteiger partial charge in [-0.15, -0.1) is 0 Å². The van der Waals surface area contributed by atoms with Crippen molar-refractivity contribution < 1.29 is 9.05 Å². The molecule has 0 aromatic heterocycles. The molecular formula is C4H14BO2P3. The minimum absolute atomic E-state index is 0.342. The SMILES string of the molecule is CCOP(OCC)B(P)P. The summed E-state index contributed by atoms with van der Waals surface area (Å²) < 4.78 is 10.7. The molecule has 0 aliphatic rings. The third kappa shape index (κ3) is 5.00. The average Bonchev–Trinajstić information content (AvgIpc) is 1.87. The van der Waals surface area contributed by atoms with Gasteiger partial charge in [0.25, 0.3) is 5.87 Å². The van der Waals surface area contributed by atoms with E-state index in [1.807, 2.05) is 13.8 Å². The van der Waals surface area contributed by atoms with Crippen molar-refractivity contribution >= 4 is 32.4 Å². The molecule has 0 aromatic rings. The largest absolute Gasteiger partial charge is 0.341 e. The van der Waals surface area contributed by atoms with Crippen molar-refractivity contribution in [3.8, 4) is 0 Å². The first kappa shape index (κ1) is 11.3. The molecule has 0 aromatic carbocycles. The smallest absolute Gasteiger partial charge is 0.283 e. The Hall–Kier alpha value is 1.27. The molecule has 0 aliphatic heterocycles. The van der Waals surface area contributed by atoms with E-state index in [0.717, 1.165) is 13.2 Å². The highest BCUT2D eigenvalue weighted by atomic mass is 31.2. The molecule has 0 saturated carbocycles. The van der Waals surface area contributed by atoms with Crippen molar-refractivity contribution in [2.75, 3.05) is 13.2 Å². The molecule has 0 fully saturated rings. The maximum Gasteiger partial charge on any atom is 0.283 e. The highest BCUT2D eigenvalue weighted by Gasteiger charge is 2.17. The fourth-order valence-corrected chi connectivity index (χ4v) is 2.42. The molecule has 0 saturated heterocycles. The van der Waals surface area contributed by atoms with Gasteiger partial charge in [-0.2, -0.15) is 18.2 Å². The molecule has 0 bridgehead atoms. The Kier molecular flexibility index (Phi) is 7.84. The molecule has 6 heteroatoms. The Morgan fingerprint density at radius 1 is 1.20 bits per heavy atom. The van der Waals surface area contributed by atoms with Crippen LogP contribution in [0.4, 0.5) is 0 Å². The van der Waals surface area contributed by atoms with Gasteiger partial charge in [0, 0.05) is 13.2 Å². The maximum atomic E-state index is 5.34. The summed E-state index contributed by atoms with van der Waals surface area (Å²) in [5, 5.41) is 0. The highest BCUT2D eigenvalue weighted by Crippen LogP contribution is 2.46. The molecule has 0 aliphatic carbocycles. The molecule has 0 spiro atoms. The summed E-state index contributed by atoms with van der Waals surface area (Å²) in [6.07, 6.45) is 0. The third-order valence-electron chi connectivity index (χ3n) is 0.756. The topological polar surface area (TPSA) is 18.5 Å². The van der Waals surface area contributed by atoms with E-state index >= 15 is 0 Å². The van der Waals surface area contributed by atoms with Gasteiger partial charge in [0.15, 0.2) is 0 Å². The van der Waals surface area contributed by atoms with Gasteiger partial charge in [-0.25, -0.2) is 0 Å². The predicted molar refractivity (Wildman–Crippen MR) is 55.3 cm³/mol. The van der Waals surface area contributed by atoms with E-state index in [9.17, 15) is 0 Å². The Bertz CT molecular complexity index is 76.9. The number of hydrogen-bond acceptors (Lipinski definition) is 2. The van der Waals surface area contributed by atoms with E-state index in [-0.39, 0.29) is 0 Å². The van der Waals surface area contributed by atoms with Crippen LogP contribution in [0.3, 0.4) is 0 Å². The third-order valence-corrected chi connectivity index (χ3v) is 3.73. The van der Waals surface area contributed by atoms with E-state index < -0.39 is 8.25 Å². The normalized spacial score (nSPS) is 10.5. The fourth-order valence-electron chi connectivity index (χ4n) is 0.464. The first-order chi connectivity index (χ1) is 4.72. The van der Waals surface area contributed by atoms with Crippen LogP contribution in [-0.2, 0) is 9.05 Å². The van der Waals surface area contributed by atoms with Gasteiger partial charge >= 0.3 is 0 Å². The summed E-state index contributed by atoms with van der Waals surface area (Å²) in [6, 6.07) is 0. The molecule has 0 heterocycles. The number of rotatable bonds is 5. The van der Waals surface area contributed by atoms with E-state index in [0.29, 0.717) is 5.87 Å². The second-order valence-corrected chi connectivity index (χ2v) is 6.62. The van der Waals surface area contributed by atoms with Crippen LogP contribution in [-0.4, -0.2) is 19.1 Å². The van der Waals surface area contributed by atoms with Crippen LogP contribution in [0, 0.1) is 0 Å². The molecule has 2 atom stereocenters. The van der Waals surface area contributed by atoms with Crippen LogP contribution >= 0.6 is 26.5 Å². The van der Waals surface area contributed by atoms with Gasteiger partial charge in [0.05, 0.1) is 0 Å². The van der Waals surface area contributed by atoms with Crippen LogP contribution in [0.5, 0.6) is 0 Å². The second-order valence-electron chi connectivity index (χ2n) is 1.61. The molecule has 2 unspecified atom stereocenters. The lowest BCUT2D eigenvalue weighted by atomic mass is 10.7. The van der Waals surface area contributed by atoms with Crippen LogP contribution in [0.2, 0.25) is 0 Å². The van der Waals surface area contributed by atoms with E-state index in [4.69, 9.17) is 9.05 Å². The van der Waals surface area contributed by atoms with Crippen molar-refractivity contribution in [3.63, 3.8) is 0 Å². The minimum Gasteiger partial charge on any atom is -0.341 e. The molecule has 0 rings (SSSR count). The summed E-state index contributed by atoms with van der Waals surface area (Å²) >= 11 is 0. The Balaban J connectivity index is 3.50. The molecule has 2 nitrogen and oxygen atoms in total. The summed E-state index contributed by atoms with van der Waals surface area (Å²) in [5.41, 5.74) is 0. The first-order valence-electron chi connectivity index (χ1n) is 3.28. The Morgan fingerprint density at radius 2 is 1.60 bits per heavy atom. The lowest BCUT2D eigenvalue weighted by Gasteiger charge is -2.16. The van der Waals surface area contributed by atoms with Gasteiger partial charge in [0.1, 0.15) is 8.25 Å². The standard InChI is InChI=1S/C4H14BO2P3/c1-3-6-10(5(8)9)7-4-2/h3-4,8-9H2,1-2H3. The zero-order valence-electron chi connectivity index (χ0n) is 6.41. The van der Waals surface area contributed by atoms with Crippen molar-refractivity contribution in [3.05, 3.63) is 0 Å². The molecule has 0 amide bonds. The monoisotopic (exact) mass is 198 g/mol. The van der Waals surface area contributed by atoms with Gasteiger partial charge in [-0.05, 0) is 13.8 Å². The lowest BCUT2D eigenvalue weighted by molar-refractivity contribution is 0.281. The average molecular weight is 198 g/mol. The highest BCUT2D eigenvalue weighted by molar-refractivity contribution is 8.24. The molecule has 0 N–H and O–H groups in total. The second kappa shape index (κ2) is 6.95. The van der Waals surface area contributed by atoms with Crippen molar-refractivity contribution in [2.45, 2.75) is 13.8 Å². The summed E-state index contributed by atoms with van der Waals surface area (Å²) in [6.45, 7) is 5.41. The van der Waals surface area contributed by atoms with Crippen LogP contribution in [0.1, 0.15) is 13.8 Å². The first-order valence-corrected chi connectivity index (χ1v) is 5.86. The van der Waals surface area contributed by atoms with Crippen LogP contribution in [0.15, 0.2) is 0 Å². The maximum absolute atomic E-state index is 5.34.